The van der Waals surface area contributed by atoms with Gasteiger partial charge in [-0.25, -0.2) is 4.39 Å². The molecule has 1 unspecified atom stereocenters. The first-order valence-electron chi connectivity index (χ1n) is 10.2. The SMILES string of the molecule is CCOc1cccc(/C(O)=C2/C(=O)C(=O)N(Cc3cccnc3)C2c2ccc(F)cc2)c1. The zero-order valence-electron chi connectivity index (χ0n) is 17.4. The highest BCUT2D eigenvalue weighted by Crippen LogP contribution is 2.40. The smallest absolute Gasteiger partial charge is 0.295 e. The average Bonchev–Trinajstić information content (AvgIpc) is 3.05. The van der Waals surface area contributed by atoms with Gasteiger partial charge in [0, 0.05) is 24.5 Å². The lowest BCUT2D eigenvalue weighted by Gasteiger charge is -2.25. The number of amides is 1. The van der Waals surface area contributed by atoms with Gasteiger partial charge in [-0.2, -0.15) is 0 Å². The van der Waals surface area contributed by atoms with Crippen LogP contribution in [0.4, 0.5) is 4.39 Å². The Labute approximate surface area is 184 Å². The van der Waals surface area contributed by atoms with Gasteiger partial charge in [0.25, 0.3) is 11.7 Å². The summed E-state index contributed by atoms with van der Waals surface area (Å²) in [6, 6.07) is 14.8. The van der Waals surface area contributed by atoms with Gasteiger partial charge in [0.1, 0.15) is 17.3 Å². The highest BCUT2D eigenvalue weighted by Gasteiger charge is 2.46. The van der Waals surface area contributed by atoms with E-state index >= 15 is 0 Å². The van der Waals surface area contributed by atoms with Crippen LogP contribution in [0.5, 0.6) is 5.75 Å². The van der Waals surface area contributed by atoms with E-state index in [0.717, 1.165) is 5.56 Å². The van der Waals surface area contributed by atoms with Gasteiger partial charge in [0.05, 0.1) is 18.2 Å². The fraction of sp³-hybridized carbons (Fsp3) is 0.160. The van der Waals surface area contributed by atoms with E-state index in [1.54, 1.807) is 48.8 Å². The third-order valence-electron chi connectivity index (χ3n) is 5.22. The molecule has 0 saturated carbocycles. The Morgan fingerprint density at radius 2 is 1.91 bits per heavy atom. The monoisotopic (exact) mass is 432 g/mol. The molecule has 7 heteroatoms. The second kappa shape index (κ2) is 9.01. The molecule has 6 nitrogen and oxygen atoms in total. The molecule has 0 radical (unpaired) electrons. The molecule has 1 aliphatic rings. The van der Waals surface area contributed by atoms with E-state index in [-0.39, 0.29) is 17.9 Å². The summed E-state index contributed by atoms with van der Waals surface area (Å²) in [6.45, 7) is 2.39. The zero-order valence-corrected chi connectivity index (χ0v) is 17.4. The van der Waals surface area contributed by atoms with Crippen molar-refractivity contribution in [1.82, 2.24) is 9.88 Å². The number of Topliss-reactive ketones (excluding diaryl/α,β-unsaturated/α-hetero) is 1. The number of carbonyl (C=O) groups excluding carboxylic acids is 2. The topological polar surface area (TPSA) is 79.7 Å². The van der Waals surface area contributed by atoms with Crippen LogP contribution in [0.2, 0.25) is 0 Å². The van der Waals surface area contributed by atoms with E-state index in [1.807, 2.05) is 6.92 Å². The number of benzene rings is 2. The number of ether oxygens (including phenoxy) is 1. The summed E-state index contributed by atoms with van der Waals surface area (Å²) in [5.74, 6) is -1.78. The van der Waals surface area contributed by atoms with Crippen LogP contribution in [-0.4, -0.2) is 33.3 Å². The number of ketones is 1. The highest BCUT2D eigenvalue weighted by atomic mass is 19.1. The number of aliphatic hydroxyl groups is 1. The summed E-state index contributed by atoms with van der Waals surface area (Å²) >= 11 is 0. The number of aromatic nitrogens is 1. The van der Waals surface area contributed by atoms with Crippen LogP contribution >= 0.6 is 0 Å². The van der Waals surface area contributed by atoms with Crippen LogP contribution < -0.4 is 4.74 Å². The molecular formula is C25H21FN2O4. The van der Waals surface area contributed by atoms with Crippen molar-refractivity contribution in [2.24, 2.45) is 0 Å². The van der Waals surface area contributed by atoms with Crippen molar-refractivity contribution >= 4 is 17.4 Å². The quantitative estimate of drug-likeness (QED) is 0.358. The maximum Gasteiger partial charge on any atom is 0.295 e. The molecule has 4 rings (SSSR count). The molecule has 1 saturated heterocycles. The molecule has 2 aromatic carbocycles. The number of hydrogen-bond donors (Lipinski definition) is 1. The van der Waals surface area contributed by atoms with E-state index in [4.69, 9.17) is 4.74 Å². The van der Waals surface area contributed by atoms with Crippen LogP contribution in [0.3, 0.4) is 0 Å². The predicted molar refractivity (Wildman–Crippen MR) is 116 cm³/mol. The summed E-state index contributed by atoms with van der Waals surface area (Å²) in [4.78, 5) is 31.5. The summed E-state index contributed by atoms with van der Waals surface area (Å²) in [7, 11) is 0. The number of aliphatic hydroxyl groups excluding tert-OH is 1. The first-order valence-corrected chi connectivity index (χ1v) is 10.2. The molecule has 1 fully saturated rings. The van der Waals surface area contributed by atoms with Crippen molar-refractivity contribution < 1.29 is 23.8 Å². The minimum atomic E-state index is -0.883. The summed E-state index contributed by atoms with van der Waals surface area (Å²) in [5, 5.41) is 11.1. The third-order valence-corrected chi connectivity index (χ3v) is 5.22. The largest absolute Gasteiger partial charge is 0.507 e. The molecule has 32 heavy (non-hydrogen) atoms. The van der Waals surface area contributed by atoms with Crippen LogP contribution in [0, 0.1) is 5.82 Å². The van der Waals surface area contributed by atoms with Crippen molar-refractivity contribution in [2.75, 3.05) is 6.61 Å². The molecule has 1 amide bonds. The molecule has 3 aromatic rings. The Balaban J connectivity index is 1.84. The lowest BCUT2D eigenvalue weighted by molar-refractivity contribution is -0.140. The normalized spacial score (nSPS) is 17.6. The van der Waals surface area contributed by atoms with Gasteiger partial charge in [-0.05, 0) is 48.4 Å². The molecule has 1 N–H and O–H groups in total. The first-order chi connectivity index (χ1) is 15.5. The van der Waals surface area contributed by atoms with E-state index in [0.29, 0.717) is 23.5 Å². The number of hydrogen-bond acceptors (Lipinski definition) is 5. The highest BCUT2D eigenvalue weighted by molar-refractivity contribution is 6.46. The number of carbonyl (C=O) groups is 2. The molecule has 0 bridgehead atoms. The Morgan fingerprint density at radius 1 is 1.12 bits per heavy atom. The van der Waals surface area contributed by atoms with Gasteiger partial charge in [0.2, 0.25) is 0 Å². The summed E-state index contributed by atoms with van der Waals surface area (Å²) in [6.07, 6.45) is 3.22. The molecule has 2 heterocycles. The second-order valence-corrected chi connectivity index (χ2v) is 7.30. The Kier molecular flexibility index (Phi) is 5.98. The van der Waals surface area contributed by atoms with E-state index in [1.165, 1.54) is 29.2 Å². The van der Waals surface area contributed by atoms with Gasteiger partial charge < -0.3 is 14.7 Å². The van der Waals surface area contributed by atoms with Crippen molar-refractivity contribution in [3.63, 3.8) is 0 Å². The standard InChI is InChI=1S/C25H21FN2O4/c1-2-32-20-7-3-6-18(13-20)23(29)21-22(17-8-10-19(26)11-9-17)28(25(31)24(21)30)15-16-5-4-12-27-14-16/h3-14,22,29H,2,15H2,1H3/b23-21-. The van der Waals surface area contributed by atoms with Crippen molar-refractivity contribution in [3.05, 3.63) is 101 Å². The van der Waals surface area contributed by atoms with E-state index in [2.05, 4.69) is 4.98 Å². The van der Waals surface area contributed by atoms with Crippen LogP contribution in [0.25, 0.3) is 5.76 Å². The molecule has 1 aromatic heterocycles. The second-order valence-electron chi connectivity index (χ2n) is 7.30. The van der Waals surface area contributed by atoms with E-state index in [9.17, 15) is 19.1 Å². The number of rotatable bonds is 6. The Hall–Kier alpha value is -4.00. The summed E-state index contributed by atoms with van der Waals surface area (Å²) in [5.41, 5.74) is 1.53. The van der Waals surface area contributed by atoms with Crippen LogP contribution in [-0.2, 0) is 16.1 Å². The minimum Gasteiger partial charge on any atom is -0.507 e. The maximum atomic E-state index is 13.6. The van der Waals surface area contributed by atoms with Gasteiger partial charge in [0.15, 0.2) is 0 Å². The maximum absolute atomic E-state index is 13.6. The van der Waals surface area contributed by atoms with Gasteiger partial charge in [-0.3, -0.25) is 14.6 Å². The molecular weight excluding hydrogens is 411 g/mol. The summed E-state index contributed by atoms with van der Waals surface area (Å²) < 4.78 is 19.1. The van der Waals surface area contributed by atoms with Crippen LogP contribution in [0.15, 0.2) is 78.6 Å². The van der Waals surface area contributed by atoms with Crippen molar-refractivity contribution in [3.8, 4) is 5.75 Å². The Bertz CT molecular complexity index is 1180. The number of likely N-dealkylation sites (tertiary alicyclic amines) is 1. The average molecular weight is 432 g/mol. The van der Waals surface area contributed by atoms with Gasteiger partial charge in [-0.15, -0.1) is 0 Å². The first kappa shape index (κ1) is 21.2. The van der Waals surface area contributed by atoms with Gasteiger partial charge >= 0.3 is 0 Å². The lowest BCUT2D eigenvalue weighted by Crippen LogP contribution is -2.29. The lowest BCUT2D eigenvalue weighted by atomic mass is 9.95. The fourth-order valence-electron chi connectivity index (χ4n) is 3.78. The van der Waals surface area contributed by atoms with Crippen molar-refractivity contribution in [2.45, 2.75) is 19.5 Å². The third kappa shape index (κ3) is 4.09. The molecule has 162 valence electrons. The Morgan fingerprint density at radius 3 is 2.59 bits per heavy atom. The van der Waals surface area contributed by atoms with Gasteiger partial charge in [-0.1, -0.05) is 30.3 Å². The number of pyridine rings is 1. The van der Waals surface area contributed by atoms with Crippen molar-refractivity contribution in [1.29, 1.82) is 0 Å². The number of nitrogens with zero attached hydrogens (tertiary/aromatic N) is 2. The van der Waals surface area contributed by atoms with Crippen LogP contribution in [0.1, 0.15) is 29.7 Å². The molecule has 1 aliphatic heterocycles. The zero-order chi connectivity index (χ0) is 22.7. The molecule has 1 atom stereocenters. The fourth-order valence-corrected chi connectivity index (χ4v) is 3.78. The van der Waals surface area contributed by atoms with E-state index < -0.39 is 23.5 Å². The number of halogens is 1. The molecule has 0 aliphatic carbocycles. The predicted octanol–water partition coefficient (Wildman–Crippen LogP) is 4.24. The molecule has 0 spiro atoms. The minimum absolute atomic E-state index is 0.0563.